The van der Waals surface area contributed by atoms with Crippen LogP contribution in [0.2, 0.25) is 0 Å². The number of nitrogens with zero attached hydrogens (tertiary/aromatic N) is 1. The van der Waals surface area contributed by atoms with Crippen LogP contribution < -0.4 is 0 Å². The average molecular weight is 352 g/mol. The van der Waals surface area contributed by atoms with Crippen molar-refractivity contribution in [1.29, 1.82) is 5.26 Å². The molecule has 1 unspecified atom stereocenters. The van der Waals surface area contributed by atoms with Gasteiger partial charge in [-0.1, -0.05) is 15.9 Å². The predicted molar refractivity (Wildman–Crippen MR) is 83.6 cm³/mol. The lowest BCUT2D eigenvalue weighted by Crippen LogP contribution is -2.30. The molecule has 0 saturated heterocycles. The van der Waals surface area contributed by atoms with Gasteiger partial charge >= 0.3 is 5.97 Å². The highest BCUT2D eigenvalue weighted by Crippen LogP contribution is 2.33. The summed E-state index contributed by atoms with van der Waals surface area (Å²) in [6, 6.07) is 8.13. The van der Waals surface area contributed by atoms with Crippen LogP contribution in [0.15, 0.2) is 28.1 Å². The number of thiophene rings is 1. The summed E-state index contributed by atoms with van der Waals surface area (Å²) in [5.41, 5.74) is -0.143. The van der Waals surface area contributed by atoms with E-state index in [1.54, 1.807) is 25.2 Å². The van der Waals surface area contributed by atoms with Crippen LogP contribution in [-0.2, 0) is 16.0 Å². The number of esters is 1. The summed E-state index contributed by atoms with van der Waals surface area (Å²) < 4.78 is 7.15. The van der Waals surface area contributed by atoms with Crippen LogP contribution >= 0.6 is 27.3 Å². The van der Waals surface area contributed by atoms with Crippen LogP contribution in [-0.4, -0.2) is 12.6 Å². The molecule has 0 radical (unpaired) electrons. The lowest BCUT2D eigenvalue weighted by atomic mass is 9.85. The van der Waals surface area contributed by atoms with Crippen LogP contribution in [0.4, 0.5) is 0 Å². The van der Waals surface area contributed by atoms with E-state index >= 15 is 0 Å². The van der Waals surface area contributed by atoms with Gasteiger partial charge in [0.05, 0.1) is 12.7 Å². The van der Waals surface area contributed by atoms with E-state index in [1.807, 2.05) is 23.6 Å². The maximum Gasteiger partial charge on any atom is 0.326 e. The van der Waals surface area contributed by atoms with Crippen LogP contribution in [0.1, 0.15) is 19.4 Å². The summed E-state index contributed by atoms with van der Waals surface area (Å²) in [7, 11) is 0. The van der Waals surface area contributed by atoms with Crippen molar-refractivity contribution in [2.24, 2.45) is 5.41 Å². The molecular weight excluding hydrogens is 338 g/mol. The third-order valence-electron chi connectivity index (χ3n) is 3.13. The van der Waals surface area contributed by atoms with Crippen LogP contribution in [0.25, 0.3) is 10.1 Å². The number of carbonyl (C=O) groups is 1. The Hall–Kier alpha value is -1.38. The standard InChI is InChI=1S/C15H14BrNO2S/c1-3-19-14(18)15(2,9-17)7-10-8-20-13-5-4-11(16)6-12(10)13/h4-6,8H,3,7H2,1-2H3. The first-order valence-corrected chi connectivity index (χ1v) is 7.91. The van der Waals surface area contributed by atoms with Gasteiger partial charge in [0, 0.05) is 15.6 Å². The quantitative estimate of drug-likeness (QED) is 0.771. The van der Waals surface area contributed by atoms with Crippen molar-refractivity contribution >= 4 is 43.3 Å². The van der Waals surface area contributed by atoms with Gasteiger partial charge in [-0.15, -0.1) is 11.3 Å². The van der Waals surface area contributed by atoms with Gasteiger partial charge in [0.2, 0.25) is 0 Å². The Balaban J connectivity index is 2.37. The minimum absolute atomic E-state index is 0.284. The van der Waals surface area contributed by atoms with E-state index in [2.05, 4.69) is 22.0 Å². The molecule has 0 amide bonds. The van der Waals surface area contributed by atoms with Crippen molar-refractivity contribution in [3.05, 3.63) is 33.6 Å². The van der Waals surface area contributed by atoms with Gasteiger partial charge in [0.25, 0.3) is 0 Å². The van der Waals surface area contributed by atoms with E-state index in [9.17, 15) is 10.1 Å². The Labute approximate surface area is 130 Å². The summed E-state index contributed by atoms with van der Waals surface area (Å²) in [5, 5.41) is 12.4. The second kappa shape index (κ2) is 5.94. The maximum atomic E-state index is 12.0. The van der Waals surface area contributed by atoms with Gasteiger partial charge in [-0.05, 0) is 48.4 Å². The highest BCUT2D eigenvalue weighted by molar-refractivity contribution is 9.10. The first-order valence-electron chi connectivity index (χ1n) is 6.24. The maximum absolute atomic E-state index is 12.0. The van der Waals surface area contributed by atoms with Crippen molar-refractivity contribution < 1.29 is 9.53 Å². The molecule has 1 aromatic carbocycles. The number of carbonyl (C=O) groups excluding carboxylic acids is 1. The molecule has 0 fully saturated rings. The van der Waals surface area contributed by atoms with Gasteiger partial charge in [-0.3, -0.25) is 4.79 Å². The molecule has 0 aliphatic rings. The fourth-order valence-electron chi connectivity index (χ4n) is 2.02. The van der Waals surface area contributed by atoms with E-state index in [0.717, 1.165) is 20.1 Å². The second-order valence-corrected chi connectivity index (χ2v) is 6.57. The number of benzene rings is 1. The van der Waals surface area contributed by atoms with Crippen LogP contribution in [0.3, 0.4) is 0 Å². The van der Waals surface area contributed by atoms with Crippen LogP contribution in [0.5, 0.6) is 0 Å². The molecule has 0 saturated carbocycles. The lowest BCUT2D eigenvalue weighted by molar-refractivity contribution is -0.151. The predicted octanol–water partition coefficient (Wildman–Crippen LogP) is 4.30. The summed E-state index contributed by atoms with van der Waals surface area (Å²) in [6.45, 7) is 3.66. The minimum Gasteiger partial charge on any atom is -0.465 e. The van der Waals surface area contributed by atoms with Gasteiger partial charge in [0.1, 0.15) is 0 Å². The van der Waals surface area contributed by atoms with Crippen molar-refractivity contribution in [2.75, 3.05) is 6.61 Å². The molecule has 0 aliphatic heterocycles. The number of hydrogen-bond donors (Lipinski definition) is 0. The van der Waals surface area contributed by atoms with Crippen molar-refractivity contribution in [2.45, 2.75) is 20.3 Å². The smallest absolute Gasteiger partial charge is 0.326 e. The molecule has 2 rings (SSSR count). The number of fused-ring (bicyclic) bond motifs is 1. The summed E-state index contributed by atoms with van der Waals surface area (Å²) in [4.78, 5) is 12.0. The zero-order valence-electron chi connectivity index (χ0n) is 11.3. The third-order valence-corrected chi connectivity index (χ3v) is 4.64. The molecule has 0 bridgehead atoms. The molecule has 1 heterocycles. The average Bonchev–Trinajstić information content (AvgIpc) is 2.81. The third kappa shape index (κ3) is 2.87. The number of halogens is 1. The molecule has 3 nitrogen and oxygen atoms in total. The molecule has 5 heteroatoms. The van der Waals surface area contributed by atoms with Crippen molar-refractivity contribution in [3.8, 4) is 6.07 Å². The van der Waals surface area contributed by atoms with Gasteiger partial charge < -0.3 is 4.74 Å². The van der Waals surface area contributed by atoms with E-state index < -0.39 is 11.4 Å². The zero-order valence-corrected chi connectivity index (χ0v) is 13.7. The van der Waals surface area contributed by atoms with E-state index in [1.165, 1.54) is 0 Å². The molecule has 1 aromatic heterocycles. The topological polar surface area (TPSA) is 50.1 Å². The Bertz CT molecular complexity index is 689. The van der Waals surface area contributed by atoms with E-state index in [0.29, 0.717) is 6.42 Å². The Morgan fingerprint density at radius 1 is 1.55 bits per heavy atom. The second-order valence-electron chi connectivity index (χ2n) is 4.74. The monoisotopic (exact) mass is 351 g/mol. The molecule has 0 N–H and O–H groups in total. The fraction of sp³-hybridized carbons (Fsp3) is 0.333. The summed E-state index contributed by atoms with van der Waals surface area (Å²) in [6.07, 6.45) is 0.360. The molecule has 1 atom stereocenters. The Morgan fingerprint density at radius 3 is 2.95 bits per heavy atom. The number of rotatable bonds is 4. The van der Waals surface area contributed by atoms with Crippen molar-refractivity contribution in [3.63, 3.8) is 0 Å². The highest BCUT2D eigenvalue weighted by atomic mass is 79.9. The molecule has 104 valence electrons. The number of ether oxygens (including phenoxy) is 1. The van der Waals surface area contributed by atoms with E-state index in [-0.39, 0.29) is 6.61 Å². The normalized spacial score (nSPS) is 13.7. The Kier molecular flexibility index (Phi) is 4.46. The van der Waals surface area contributed by atoms with Crippen LogP contribution in [0, 0.1) is 16.7 Å². The number of nitriles is 1. The molecule has 2 aromatic rings. The van der Waals surface area contributed by atoms with Gasteiger partial charge in [0.15, 0.2) is 5.41 Å². The van der Waals surface area contributed by atoms with Crippen molar-refractivity contribution in [1.82, 2.24) is 0 Å². The first-order chi connectivity index (χ1) is 9.50. The minimum atomic E-state index is -1.15. The molecule has 0 aliphatic carbocycles. The summed E-state index contributed by atoms with van der Waals surface area (Å²) >= 11 is 5.07. The lowest BCUT2D eigenvalue weighted by Gasteiger charge is -2.19. The summed E-state index contributed by atoms with van der Waals surface area (Å²) in [5.74, 6) is -0.461. The van der Waals surface area contributed by atoms with Gasteiger partial charge in [-0.25, -0.2) is 0 Å². The first kappa shape index (κ1) is 15.0. The zero-order chi connectivity index (χ0) is 14.8. The molecule has 0 spiro atoms. The fourth-order valence-corrected chi connectivity index (χ4v) is 3.32. The SMILES string of the molecule is CCOC(=O)C(C)(C#N)Cc1csc2ccc(Br)cc12. The molecule has 20 heavy (non-hydrogen) atoms. The number of hydrogen-bond acceptors (Lipinski definition) is 4. The van der Waals surface area contributed by atoms with Gasteiger partial charge in [-0.2, -0.15) is 5.26 Å². The van der Waals surface area contributed by atoms with E-state index in [4.69, 9.17) is 4.74 Å². The highest BCUT2D eigenvalue weighted by Gasteiger charge is 2.36. The Morgan fingerprint density at radius 2 is 2.30 bits per heavy atom. The largest absolute Gasteiger partial charge is 0.465 e. The molecular formula is C15H14BrNO2S.